The molecule has 28 heavy (non-hydrogen) atoms. The molecule has 3 fully saturated rings. The van der Waals surface area contributed by atoms with Gasteiger partial charge in [-0.3, -0.25) is 4.79 Å². The lowest BCUT2D eigenvalue weighted by Crippen LogP contribution is -2.52. The van der Waals surface area contributed by atoms with Gasteiger partial charge in [0.25, 0.3) is 10.2 Å². The van der Waals surface area contributed by atoms with E-state index < -0.39 is 39.8 Å². The SMILES string of the molecule is CC(F)(F)C[C@H](NS(=O)(=O)N1CCC2(CCCC2)CC1)C(=O)CC1(C#N)CC1. The molecule has 158 valence electrons. The number of ketones is 1. The highest BCUT2D eigenvalue weighted by molar-refractivity contribution is 7.87. The van der Waals surface area contributed by atoms with Crippen molar-refractivity contribution in [1.29, 1.82) is 5.26 Å². The standard InChI is InChI=1S/C19H29F2N3O3S/c1-17(20,21)12-15(16(25)13-19(14-22)6-7-19)23-28(26,27)24-10-8-18(9-11-24)4-2-3-5-18/h15,23H,2-13H2,1H3/t15-/m0/s1. The van der Waals surface area contributed by atoms with Crippen LogP contribution in [0.3, 0.4) is 0 Å². The molecule has 0 aromatic rings. The average molecular weight is 418 g/mol. The third-order valence-electron chi connectivity index (χ3n) is 6.63. The Morgan fingerprint density at radius 3 is 2.21 bits per heavy atom. The van der Waals surface area contributed by atoms with Gasteiger partial charge in [-0.05, 0) is 50.9 Å². The lowest BCUT2D eigenvalue weighted by molar-refractivity contribution is -0.123. The number of alkyl halides is 2. The number of Topliss-reactive ketones (excluding diaryl/α,β-unsaturated/α-hetero) is 1. The molecule has 0 aromatic carbocycles. The van der Waals surface area contributed by atoms with Crippen molar-refractivity contribution < 1.29 is 22.0 Å². The van der Waals surface area contributed by atoms with E-state index in [-0.39, 0.29) is 11.8 Å². The van der Waals surface area contributed by atoms with Gasteiger partial charge in [-0.2, -0.15) is 22.7 Å². The first-order valence-electron chi connectivity index (χ1n) is 10.1. The molecular weight excluding hydrogens is 388 g/mol. The summed E-state index contributed by atoms with van der Waals surface area (Å²) in [6.45, 7) is 1.37. The number of nitrogens with zero attached hydrogens (tertiary/aromatic N) is 2. The van der Waals surface area contributed by atoms with Gasteiger partial charge in [-0.25, -0.2) is 8.78 Å². The summed E-state index contributed by atoms with van der Waals surface area (Å²) >= 11 is 0. The fourth-order valence-electron chi connectivity index (χ4n) is 4.60. The lowest BCUT2D eigenvalue weighted by atomic mass is 9.78. The minimum absolute atomic E-state index is 0.185. The number of piperidine rings is 1. The fraction of sp³-hybridized carbons (Fsp3) is 0.895. The van der Waals surface area contributed by atoms with Gasteiger partial charge in [0.1, 0.15) is 0 Å². The van der Waals surface area contributed by atoms with E-state index in [1.54, 1.807) is 0 Å². The highest BCUT2D eigenvalue weighted by Crippen LogP contribution is 2.49. The van der Waals surface area contributed by atoms with Gasteiger partial charge in [0.15, 0.2) is 5.78 Å². The first kappa shape index (κ1) is 21.6. The second-order valence-electron chi connectivity index (χ2n) is 9.09. The van der Waals surface area contributed by atoms with Crippen molar-refractivity contribution in [3.05, 3.63) is 0 Å². The summed E-state index contributed by atoms with van der Waals surface area (Å²) in [5, 5.41) is 9.16. The molecule has 3 rings (SSSR count). The Balaban J connectivity index is 1.66. The van der Waals surface area contributed by atoms with Gasteiger partial charge in [-0.15, -0.1) is 0 Å². The minimum atomic E-state index is -4.04. The van der Waals surface area contributed by atoms with Crippen molar-refractivity contribution in [2.45, 2.75) is 83.1 Å². The number of nitriles is 1. The van der Waals surface area contributed by atoms with Crippen molar-refractivity contribution in [3.63, 3.8) is 0 Å². The van der Waals surface area contributed by atoms with Crippen LogP contribution in [0, 0.1) is 22.2 Å². The lowest BCUT2D eigenvalue weighted by Gasteiger charge is -2.39. The van der Waals surface area contributed by atoms with Crippen LogP contribution >= 0.6 is 0 Å². The fourth-order valence-corrected chi connectivity index (χ4v) is 5.98. The normalized spacial score (nSPS) is 25.4. The van der Waals surface area contributed by atoms with Crippen molar-refractivity contribution >= 4 is 16.0 Å². The maximum atomic E-state index is 13.6. The first-order chi connectivity index (χ1) is 13.0. The predicted octanol–water partition coefficient (Wildman–Crippen LogP) is 3.15. The Morgan fingerprint density at radius 1 is 1.18 bits per heavy atom. The maximum absolute atomic E-state index is 13.6. The number of carbonyl (C=O) groups is 1. The summed E-state index contributed by atoms with van der Waals surface area (Å²) in [7, 11) is -4.04. The number of halogens is 2. The van der Waals surface area contributed by atoms with Crippen molar-refractivity contribution in [2.24, 2.45) is 10.8 Å². The summed E-state index contributed by atoms with van der Waals surface area (Å²) in [6.07, 6.45) is 6.14. The third kappa shape index (κ3) is 5.08. The third-order valence-corrected chi connectivity index (χ3v) is 8.26. The second-order valence-corrected chi connectivity index (χ2v) is 10.8. The molecule has 1 atom stereocenters. The van der Waals surface area contributed by atoms with Gasteiger partial charge in [0, 0.05) is 25.9 Å². The molecule has 1 spiro atoms. The monoisotopic (exact) mass is 417 g/mol. The Hall–Kier alpha value is -1.11. The topological polar surface area (TPSA) is 90.3 Å². The zero-order chi connectivity index (χ0) is 20.6. The zero-order valence-electron chi connectivity index (χ0n) is 16.3. The second kappa shape index (κ2) is 7.62. The van der Waals surface area contributed by atoms with Crippen LogP contribution < -0.4 is 4.72 Å². The summed E-state index contributed by atoms with van der Waals surface area (Å²) in [6, 6.07) is 0.543. The molecule has 6 nitrogen and oxygen atoms in total. The van der Waals surface area contributed by atoms with E-state index in [9.17, 15) is 22.0 Å². The molecule has 3 aliphatic rings. The van der Waals surface area contributed by atoms with E-state index in [2.05, 4.69) is 10.8 Å². The highest BCUT2D eigenvalue weighted by atomic mass is 32.2. The van der Waals surface area contributed by atoms with E-state index >= 15 is 0 Å². The molecule has 2 aliphatic carbocycles. The summed E-state index contributed by atoms with van der Waals surface area (Å²) in [5.74, 6) is -3.82. The predicted molar refractivity (Wildman–Crippen MR) is 99.7 cm³/mol. The van der Waals surface area contributed by atoms with Crippen LogP contribution in [0.2, 0.25) is 0 Å². The number of rotatable bonds is 8. The smallest absolute Gasteiger partial charge is 0.280 e. The summed E-state index contributed by atoms with van der Waals surface area (Å²) in [5.41, 5.74) is -0.577. The van der Waals surface area contributed by atoms with Gasteiger partial charge in [0.2, 0.25) is 5.92 Å². The summed E-state index contributed by atoms with van der Waals surface area (Å²) < 4.78 is 56.3. The van der Waals surface area contributed by atoms with E-state index in [4.69, 9.17) is 5.26 Å². The molecule has 2 saturated carbocycles. The number of hydrogen-bond acceptors (Lipinski definition) is 4. The molecule has 1 saturated heterocycles. The van der Waals surface area contributed by atoms with E-state index in [0.717, 1.165) is 25.7 Å². The quantitative estimate of drug-likeness (QED) is 0.657. The Labute approximate surface area is 165 Å². The number of hydrogen-bond donors (Lipinski definition) is 1. The van der Waals surface area contributed by atoms with Gasteiger partial charge in [0.05, 0.1) is 17.5 Å². The van der Waals surface area contributed by atoms with Crippen LogP contribution in [0.15, 0.2) is 0 Å². The molecule has 9 heteroatoms. The van der Waals surface area contributed by atoms with Crippen LogP contribution in [0.5, 0.6) is 0 Å². The Bertz CT molecular complexity index is 737. The largest absolute Gasteiger partial charge is 0.298 e. The van der Waals surface area contributed by atoms with Crippen LogP contribution in [-0.2, 0) is 15.0 Å². The molecular formula is C19H29F2N3O3S. The molecule has 1 aliphatic heterocycles. The van der Waals surface area contributed by atoms with E-state index in [1.807, 2.05) is 0 Å². The van der Waals surface area contributed by atoms with Gasteiger partial charge >= 0.3 is 0 Å². The molecule has 0 unspecified atom stereocenters. The summed E-state index contributed by atoms with van der Waals surface area (Å²) in [4.78, 5) is 12.6. The van der Waals surface area contributed by atoms with E-state index in [1.165, 1.54) is 17.1 Å². The van der Waals surface area contributed by atoms with Crippen LogP contribution in [-0.4, -0.2) is 43.6 Å². The van der Waals surface area contributed by atoms with Gasteiger partial charge in [-0.1, -0.05) is 12.8 Å². The maximum Gasteiger partial charge on any atom is 0.280 e. The van der Waals surface area contributed by atoms with Gasteiger partial charge < -0.3 is 0 Å². The minimum Gasteiger partial charge on any atom is -0.298 e. The van der Waals surface area contributed by atoms with E-state index in [0.29, 0.717) is 32.9 Å². The first-order valence-corrected chi connectivity index (χ1v) is 11.5. The zero-order valence-corrected chi connectivity index (χ0v) is 17.2. The molecule has 0 bridgehead atoms. The molecule has 1 heterocycles. The Morgan fingerprint density at radius 2 is 1.75 bits per heavy atom. The highest BCUT2D eigenvalue weighted by Gasteiger charge is 2.47. The van der Waals surface area contributed by atoms with Crippen LogP contribution in [0.25, 0.3) is 0 Å². The molecule has 0 aromatic heterocycles. The molecule has 1 N–H and O–H groups in total. The molecule has 0 radical (unpaired) electrons. The number of carbonyl (C=O) groups excluding carboxylic acids is 1. The van der Waals surface area contributed by atoms with Crippen molar-refractivity contribution in [3.8, 4) is 6.07 Å². The molecule has 0 amide bonds. The average Bonchev–Trinajstić information content (AvgIpc) is 3.24. The van der Waals surface area contributed by atoms with Crippen molar-refractivity contribution in [1.82, 2.24) is 9.03 Å². The number of nitrogens with one attached hydrogen (secondary N) is 1. The van der Waals surface area contributed by atoms with Crippen LogP contribution in [0.4, 0.5) is 8.78 Å². The van der Waals surface area contributed by atoms with Crippen molar-refractivity contribution in [2.75, 3.05) is 13.1 Å². The Kier molecular flexibility index (Phi) is 5.87. The van der Waals surface area contributed by atoms with Crippen LogP contribution in [0.1, 0.15) is 71.1 Å².